The number of hydrogen-bond acceptors (Lipinski definition) is 6. The molecule has 0 saturated heterocycles. The van der Waals surface area contributed by atoms with E-state index < -0.39 is 12.2 Å². The minimum Gasteiger partial charge on any atom is -0.504 e. The molecule has 0 fully saturated rings. The predicted octanol–water partition coefficient (Wildman–Crippen LogP) is 2.46. The zero-order chi connectivity index (χ0) is 17.3. The molecule has 0 amide bonds. The van der Waals surface area contributed by atoms with Gasteiger partial charge in [0, 0.05) is 24.1 Å². The van der Waals surface area contributed by atoms with E-state index in [-0.39, 0.29) is 5.75 Å². The molecular formula is C18H20O6. The zero-order valence-electron chi connectivity index (χ0n) is 13.8. The van der Waals surface area contributed by atoms with Crippen molar-refractivity contribution < 1.29 is 29.2 Å². The molecule has 1 aliphatic heterocycles. The van der Waals surface area contributed by atoms with E-state index in [9.17, 15) is 10.2 Å². The van der Waals surface area contributed by atoms with Crippen LogP contribution in [0.5, 0.6) is 28.7 Å². The number of benzene rings is 2. The summed E-state index contributed by atoms with van der Waals surface area (Å²) >= 11 is 0. The van der Waals surface area contributed by atoms with E-state index in [4.69, 9.17) is 18.9 Å². The fraction of sp³-hybridized carbons (Fsp3) is 0.333. The first-order chi connectivity index (χ1) is 11.6. The number of methoxy groups -OCH3 is 3. The molecule has 0 aromatic heterocycles. The Morgan fingerprint density at radius 2 is 1.75 bits per heavy atom. The van der Waals surface area contributed by atoms with Crippen LogP contribution < -0.4 is 18.9 Å². The van der Waals surface area contributed by atoms with Crippen molar-refractivity contribution in [2.75, 3.05) is 21.3 Å². The quantitative estimate of drug-likeness (QED) is 0.895. The second-order valence-electron chi connectivity index (χ2n) is 5.55. The number of phenols is 1. The van der Waals surface area contributed by atoms with Crippen LogP contribution in [0.2, 0.25) is 0 Å². The molecule has 1 aliphatic rings. The Labute approximate surface area is 140 Å². The smallest absolute Gasteiger partial charge is 0.160 e. The van der Waals surface area contributed by atoms with Gasteiger partial charge >= 0.3 is 0 Å². The SMILES string of the molecule is COc1cc(OC)c2c(c1)OC(c1ccc(OC)c(O)c1)C(O)C2. The van der Waals surface area contributed by atoms with Gasteiger partial charge in [-0.25, -0.2) is 0 Å². The van der Waals surface area contributed by atoms with Crippen molar-refractivity contribution in [2.45, 2.75) is 18.6 Å². The molecule has 2 N–H and O–H groups in total. The average Bonchev–Trinajstić information content (AvgIpc) is 2.60. The number of aliphatic hydroxyl groups excluding tert-OH is 1. The summed E-state index contributed by atoms with van der Waals surface area (Å²) in [5.74, 6) is 2.18. The molecule has 2 unspecified atom stereocenters. The van der Waals surface area contributed by atoms with Crippen LogP contribution in [0, 0.1) is 0 Å². The molecule has 0 radical (unpaired) electrons. The maximum absolute atomic E-state index is 10.5. The summed E-state index contributed by atoms with van der Waals surface area (Å²) in [7, 11) is 4.61. The van der Waals surface area contributed by atoms with Crippen molar-refractivity contribution >= 4 is 0 Å². The van der Waals surface area contributed by atoms with E-state index in [1.54, 1.807) is 38.5 Å². The second kappa shape index (κ2) is 6.49. The molecule has 0 saturated carbocycles. The van der Waals surface area contributed by atoms with E-state index in [0.717, 1.165) is 5.56 Å². The molecule has 128 valence electrons. The summed E-state index contributed by atoms with van der Waals surface area (Å²) in [5, 5.41) is 20.5. The highest BCUT2D eigenvalue weighted by atomic mass is 16.5. The van der Waals surface area contributed by atoms with Crippen molar-refractivity contribution in [1.29, 1.82) is 0 Å². The number of ether oxygens (including phenoxy) is 4. The van der Waals surface area contributed by atoms with Crippen LogP contribution in [0.4, 0.5) is 0 Å². The van der Waals surface area contributed by atoms with Gasteiger partial charge in [0.05, 0.1) is 27.4 Å². The fourth-order valence-electron chi connectivity index (χ4n) is 2.91. The summed E-state index contributed by atoms with van der Waals surface area (Å²) < 4.78 is 21.7. The van der Waals surface area contributed by atoms with Gasteiger partial charge in [-0.3, -0.25) is 0 Å². The highest BCUT2D eigenvalue weighted by molar-refractivity contribution is 5.53. The molecule has 24 heavy (non-hydrogen) atoms. The number of aromatic hydroxyl groups is 1. The van der Waals surface area contributed by atoms with Crippen LogP contribution in [-0.4, -0.2) is 37.6 Å². The van der Waals surface area contributed by atoms with Crippen molar-refractivity contribution in [2.24, 2.45) is 0 Å². The van der Waals surface area contributed by atoms with Gasteiger partial charge < -0.3 is 29.2 Å². The Balaban J connectivity index is 1.98. The average molecular weight is 332 g/mol. The predicted molar refractivity (Wildman–Crippen MR) is 87.3 cm³/mol. The highest BCUT2D eigenvalue weighted by Gasteiger charge is 2.32. The van der Waals surface area contributed by atoms with Crippen LogP contribution in [-0.2, 0) is 6.42 Å². The van der Waals surface area contributed by atoms with Crippen LogP contribution in [0.25, 0.3) is 0 Å². The van der Waals surface area contributed by atoms with E-state index >= 15 is 0 Å². The molecule has 2 aromatic carbocycles. The molecule has 2 atom stereocenters. The minimum absolute atomic E-state index is 0.000167. The molecule has 0 bridgehead atoms. The third-order valence-corrected chi connectivity index (χ3v) is 4.15. The Bertz CT molecular complexity index is 743. The summed E-state index contributed by atoms with van der Waals surface area (Å²) in [6.07, 6.45) is -1.00. The number of aliphatic hydroxyl groups is 1. The van der Waals surface area contributed by atoms with E-state index in [0.29, 0.717) is 35.0 Å². The summed E-state index contributed by atoms with van der Waals surface area (Å²) in [5.41, 5.74) is 1.45. The number of hydrogen-bond donors (Lipinski definition) is 2. The van der Waals surface area contributed by atoms with Gasteiger partial charge in [0.15, 0.2) is 11.5 Å². The maximum Gasteiger partial charge on any atom is 0.160 e. The van der Waals surface area contributed by atoms with Crippen LogP contribution >= 0.6 is 0 Å². The van der Waals surface area contributed by atoms with Gasteiger partial charge in [-0.1, -0.05) is 6.07 Å². The Kier molecular flexibility index (Phi) is 4.40. The number of rotatable bonds is 4. The third-order valence-electron chi connectivity index (χ3n) is 4.15. The Morgan fingerprint density at radius 3 is 2.38 bits per heavy atom. The molecule has 3 rings (SSSR count). The van der Waals surface area contributed by atoms with Gasteiger partial charge in [-0.15, -0.1) is 0 Å². The van der Waals surface area contributed by atoms with Gasteiger partial charge in [-0.05, 0) is 17.7 Å². The molecule has 2 aromatic rings. The van der Waals surface area contributed by atoms with E-state index in [1.165, 1.54) is 13.2 Å². The maximum atomic E-state index is 10.5. The molecule has 6 heteroatoms. The second-order valence-corrected chi connectivity index (χ2v) is 5.55. The van der Waals surface area contributed by atoms with Crippen LogP contribution in [0.1, 0.15) is 17.2 Å². The normalized spacial score (nSPS) is 19.2. The standard InChI is InChI=1S/C18H20O6/c1-21-11-7-16(23-3)12-9-14(20)18(24-17(12)8-11)10-4-5-15(22-2)13(19)6-10/h4-8,14,18-20H,9H2,1-3H3. The van der Waals surface area contributed by atoms with Gasteiger partial charge in [-0.2, -0.15) is 0 Å². The first kappa shape index (κ1) is 16.3. The largest absolute Gasteiger partial charge is 0.504 e. The molecular weight excluding hydrogens is 312 g/mol. The minimum atomic E-state index is -0.771. The summed E-state index contributed by atoms with van der Waals surface area (Å²) in [6, 6.07) is 8.46. The third kappa shape index (κ3) is 2.80. The molecule has 6 nitrogen and oxygen atoms in total. The van der Waals surface area contributed by atoms with Crippen LogP contribution in [0.3, 0.4) is 0 Å². The van der Waals surface area contributed by atoms with Gasteiger partial charge in [0.1, 0.15) is 23.4 Å². The van der Waals surface area contributed by atoms with Crippen molar-refractivity contribution in [1.82, 2.24) is 0 Å². The number of fused-ring (bicyclic) bond motifs is 1. The van der Waals surface area contributed by atoms with Gasteiger partial charge in [0.2, 0.25) is 0 Å². The lowest BCUT2D eigenvalue weighted by molar-refractivity contribution is 0.0197. The molecule has 1 heterocycles. The van der Waals surface area contributed by atoms with Crippen molar-refractivity contribution in [3.05, 3.63) is 41.5 Å². The highest BCUT2D eigenvalue weighted by Crippen LogP contribution is 2.43. The summed E-state index contributed by atoms with van der Waals surface area (Å²) in [6.45, 7) is 0. The van der Waals surface area contributed by atoms with Gasteiger partial charge in [0.25, 0.3) is 0 Å². The van der Waals surface area contributed by atoms with E-state index in [2.05, 4.69) is 0 Å². The van der Waals surface area contributed by atoms with E-state index in [1.807, 2.05) is 0 Å². The molecule has 0 spiro atoms. The molecule has 0 aliphatic carbocycles. The zero-order valence-corrected chi connectivity index (χ0v) is 13.8. The van der Waals surface area contributed by atoms with Crippen molar-refractivity contribution in [3.63, 3.8) is 0 Å². The Hall–Kier alpha value is -2.60. The lowest BCUT2D eigenvalue weighted by Gasteiger charge is -2.32. The topological polar surface area (TPSA) is 77.4 Å². The first-order valence-electron chi connectivity index (χ1n) is 7.54. The first-order valence-corrected chi connectivity index (χ1v) is 7.54. The number of phenolic OH excluding ortho intramolecular Hbond substituents is 1. The monoisotopic (exact) mass is 332 g/mol. The fourth-order valence-corrected chi connectivity index (χ4v) is 2.91. The lowest BCUT2D eigenvalue weighted by atomic mass is 9.94. The lowest BCUT2D eigenvalue weighted by Crippen LogP contribution is -2.30. The Morgan fingerprint density at radius 1 is 1.00 bits per heavy atom. The van der Waals surface area contributed by atoms with Crippen molar-refractivity contribution in [3.8, 4) is 28.7 Å². The van der Waals surface area contributed by atoms with Crippen LogP contribution in [0.15, 0.2) is 30.3 Å². The summed E-state index contributed by atoms with van der Waals surface area (Å²) in [4.78, 5) is 0.